The molecule has 1 aromatic rings. The molecule has 0 aromatic heterocycles. The van der Waals surface area contributed by atoms with Crippen LogP contribution in [0.2, 0.25) is 0 Å². The fourth-order valence-electron chi connectivity index (χ4n) is 4.39. The van der Waals surface area contributed by atoms with Crippen molar-refractivity contribution in [2.75, 3.05) is 6.54 Å². The van der Waals surface area contributed by atoms with Crippen molar-refractivity contribution in [3.05, 3.63) is 35.6 Å². The number of amides is 1. The van der Waals surface area contributed by atoms with Crippen LogP contribution >= 0.6 is 0 Å². The highest BCUT2D eigenvalue weighted by Crippen LogP contribution is 2.49. The van der Waals surface area contributed by atoms with Gasteiger partial charge in [0, 0.05) is 18.9 Å². The number of nitrogens with zero attached hydrogens (tertiary/aromatic N) is 1. The molecule has 0 radical (unpaired) electrons. The molecule has 3 rings (SSSR count). The Morgan fingerprint density at radius 1 is 1.30 bits per heavy atom. The lowest BCUT2D eigenvalue weighted by Gasteiger charge is -2.52. The molecular formula is C19H26FNO2. The van der Waals surface area contributed by atoms with Gasteiger partial charge in [0.15, 0.2) is 0 Å². The Hall–Kier alpha value is -1.42. The van der Waals surface area contributed by atoms with Crippen molar-refractivity contribution in [3.63, 3.8) is 0 Å². The predicted molar refractivity (Wildman–Crippen MR) is 87.3 cm³/mol. The summed E-state index contributed by atoms with van der Waals surface area (Å²) in [5.41, 5.74) is 0.265. The minimum absolute atomic E-state index is 0.0521. The summed E-state index contributed by atoms with van der Waals surface area (Å²) >= 11 is 0. The predicted octanol–water partition coefficient (Wildman–Crippen LogP) is 3.82. The Kier molecular flexibility index (Phi) is 4.72. The maximum Gasteiger partial charge on any atom is 0.223 e. The first kappa shape index (κ1) is 16.4. The second-order valence-electron chi connectivity index (χ2n) is 7.04. The highest BCUT2D eigenvalue weighted by Gasteiger charge is 2.49. The lowest BCUT2D eigenvalue weighted by Crippen LogP contribution is -2.56. The molecule has 126 valence electrons. The van der Waals surface area contributed by atoms with E-state index in [1.807, 2.05) is 11.8 Å². The molecule has 2 aliphatic rings. The van der Waals surface area contributed by atoms with Crippen LogP contribution < -0.4 is 0 Å². The van der Waals surface area contributed by atoms with Gasteiger partial charge in [0.05, 0.1) is 11.6 Å². The van der Waals surface area contributed by atoms with Crippen LogP contribution in [0.5, 0.6) is 0 Å². The van der Waals surface area contributed by atoms with Crippen molar-refractivity contribution in [2.24, 2.45) is 5.92 Å². The molecule has 0 spiro atoms. The average molecular weight is 319 g/mol. The molecular weight excluding hydrogens is 293 g/mol. The number of piperidine rings is 1. The van der Waals surface area contributed by atoms with Gasteiger partial charge in [-0.05, 0) is 43.4 Å². The fraction of sp³-hybridized carbons (Fsp3) is 0.632. The van der Waals surface area contributed by atoms with E-state index < -0.39 is 5.60 Å². The first-order valence-corrected chi connectivity index (χ1v) is 8.82. The molecule has 1 heterocycles. The number of likely N-dealkylation sites (tertiary alicyclic amines) is 1. The molecule has 1 aromatic carbocycles. The van der Waals surface area contributed by atoms with Crippen molar-refractivity contribution < 1.29 is 14.3 Å². The quantitative estimate of drug-likeness (QED) is 0.920. The van der Waals surface area contributed by atoms with Gasteiger partial charge < -0.3 is 10.0 Å². The molecule has 1 amide bonds. The molecule has 4 heteroatoms. The summed E-state index contributed by atoms with van der Waals surface area (Å²) in [6.45, 7) is 2.60. The number of halogens is 1. The van der Waals surface area contributed by atoms with Gasteiger partial charge in [-0.25, -0.2) is 4.39 Å². The fourth-order valence-corrected chi connectivity index (χ4v) is 4.39. The van der Waals surface area contributed by atoms with Gasteiger partial charge in [0.2, 0.25) is 5.91 Å². The second-order valence-corrected chi connectivity index (χ2v) is 7.04. The smallest absolute Gasteiger partial charge is 0.223 e. The first-order valence-electron chi connectivity index (χ1n) is 8.82. The summed E-state index contributed by atoms with van der Waals surface area (Å²) < 4.78 is 13.3. The number of carbonyl (C=O) groups excluding carboxylic acids is 1. The average Bonchev–Trinajstić information content (AvgIpc) is 2.54. The van der Waals surface area contributed by atoms with Crippen molar-refractivity contribution in [2.45, 2.75) is 63.5 Å². The minimum atomic E-state index is -0.680. The lowest BCUT2D eigenvalue weighted by atomic mass is 9.66. The zero-order chi connectivity index (χ0) is 16.4. The van der Waals surface area contributed by atoms with Gasteiger partial charge >= 0.3 is 0 Å². The number of hydrogen-bond acceptors (Lipinski definition) is 2. The molecule has 0 bridgehead atoms. The summed E-state index contributed by atoms with van der Waals surface area (Å²) in [6, 6.07) is 6.32. The molecule has 1 aliphatic carbocycles. The van der Waals surface area contributed by atoms with Crippen molar-refractivity contribution >= 4 is 5.91 Å². The lowest BCUT2D eigenvalue weighted by molar-refractivity contribution is -0.155. The molecule has 1 aliphatic heterocycles. The van der Waals surface area contributed by atoms with Crippen LogP contribution in [-0.2, 0) is 4.79 Å². The zero-order valence-corrected chi connectivity index (χ0v) is 13.8. The SMILES string of the molecule is CCCC(=O)N1CC[C@]2(O)CCCC[C@@H]2[C@H]1c1ccc(F)cc1. The highest BCUT2D eigenvalue weighted by atomic mass is 19.1. The minimum Gasteiger partial charge on any atom is -0.389 e. The Morgan fingerprint density at radius 3 is 2.74 bits per heavy atom. The van der Waals surface area contributed by atoms with Crippen molar-refractivity contribution in [1.82, 2.24) is 4.90 Å². The Morgan fingerprint density at radius 2 is 2.04 bits per heavy atom. The van der Waals surface area contributed by atoms with Gasteiger partial charge in [-0.3, -0.25) is 4.79 Å². The van der Waals surface area contributed by atoms with Gasteiger partial charge in [-0.2, -0.15) is 0 Å². The van der Waals surface area contributed by atoms with E-state index in [4.69, 9.17) is 0 Å². The van der Waals surface area contributed by atoms with E-state index in [0.717, 1.165) is 37.7 Å². The van der Waals surface area contributed by atoms with E-state index >= 15 is 0 Å². The largest absolute Gasteiger partial charge is 0.389 e. The molecule has 3 nitrogen and oxygen atoms in total. The van der Waals surface area contributed by atoms with Gasteiger partial charge in [0.25, 0.3) is 0 Å². The Labute approximate surface area is 137 Å². The number of fused-ring (bicyclic) bond motifs is 1. The summed E-state index contributed by atoms with van der Waals surface area (Å²) in [4.78, 5) is 14.5. The third-order valence-electron chi connectivity index (χ3n) is 5.56. The normalized spacial score (nSPS) is 30.8. The van der Waals surface area contributed by atoms with E-state index in [0.29, 0.717) is 19.4 Å². The molecule has 1 saturated heterocycles. The third kappa shape index (κ3) is 3.14. The molecule has 0 unspecified atom stereocenters. The number of hydrogen-bond donors (Lipinski definition) is 1. The number of aliphatic hydroxyl groups is 1. The summed E-state index contributed by atoms with van der Waals surface area (Å²) in [6.07, 6.45) is 5.88. The van der Waals surface area contributed by atoms with Crippen LogP contribution in [0, 0.1) is 11.7 Å². The van der Waals surface area contributed by atoms with E-state index in [2.05, 4.69) is 0 Å². The van der Waals surface area contributed by atoms with Crippen LogP contribution in [0.25, 0.3) is 0 Å². The monoisotopic (exact) mass is 319 g/mol. The van der Waals surface area contributed by atoms with Crippen LogP contribution in [0.4, 0.5) is 4.39 Å². The molecule has 2 fully saturated rings. The third-order valence-corrected chi connectivity index (χ3v) is 5.56. The molecule has 3 atom stereocenters. The van der Waals surface area contributed by atoms with Crippen molar-refractivity contribution in [3.8, 4) is 0 Å². The maximum atomic E-state index is 13.3. The van der Waals surface area contributed by atoms with Crippen LogP contribution in [0.15, 0.2) is 24.3 Å². The second kappa shape index (κ2) is 6.60. The maximum absolute atomic E-state index is 13.3. The molecule has 23 heavy (non-hydrogen) atoms. The van der Waals surface area contributed by atoms with Crippen LogP contribution in [0.3, 0.4) is 0 Å². The topological polar surface area (TPSA) is 40.5 Å². The van der Waals surface area contributed by atoms with Crippen LogP contribution in [-0.4, -0.2) is 28.1 Å². The van der Waals surface area contributed by atoms with E-state index in [1.54, 1.807) is 12.1 Å². The number of benzene rings is 1. The summed E-state index contributed by atoms with van der Waals surface area (Å²) in [5, 5.41) is 11.1. The standard InChI is InChI=1S/C19H26FNO2/c1-2-5-17(22)21-13-12-19(23)11-4-3-6-16(19)18(21)14-7-9-15(20)10-8-14/h7-10,16,18,23H,2-6,11-13H2,1H3/t16-,18-,19-/m1/s1. The Bertz CT molecular complexity index is 559. The number of rotatable bonds is 3. The zero-order valence-electron chi connectivity index (χ0n) is 13.8. The number of carbonyl (C=O) groups is 1. The highest BCUT2D eigenvalue weighted by molar-refractivity contribution is 5.77. The summed E-state index contributed by atoms with van der Waals surface area (Å²) in [7, 11) is 0. The van der Waals surface area contributed by atoms with E-state index in [1.165, 1.54) is 12.1 Å². The van der Waals surface area contributed by atoms with Crippen LogP contribution in [0.1, 0.15) is 63.5 Å². The van der Waals surface area contributed by atoms with E-state index in [9.17, 15) is 14.3 Å². The Balaban J connectivity index is 1.97. The summed E-state index contributed by atoms with van der Waals surface area (Å²) in [5.74, 6) is -0.0689. The molecule has 1 saturated carbocycles. The van der Waals surface area contributed by atoms with Gasteiger partial charge in [-0.15, -0.1) is 0 Å². The van der Waals surface area contributed by atoms with Crippen molar-refractivity contribution in [1.29, 1.82) is 0 Å². The first-order chi connectivity index (χ1) is 11.0. The van der Waals surface area contributed by atoms with Gasteiger partial charge in [-0.1, -0.05) is 31.9 Å². The molecule has 1 N–H and O–H groups in total. The van der Waals surface area contributed by atoms with E-state index in [-0.39, 0.29) is 23.7 Å². The van der Waals surface area contributed by atoms with Gasteiger partial charge in [0.1, 0.15) is 5.82 Å².